The van der Waals surface area contributed by atoms with Crippen molar-refractivity contribution in [1.82, 2.24) is 24.8 Å². The summed E-state index contributed by atoms with van der Waals surface area (Å²) < 4.78 is 9.04. The topological polar surface area (TPSA) is 90.2 Å². The number of carbonyl (C=O) groups is 1. The van der Waals surface area contributed by atoms with Gasteiger partial charge in [0.25, 0.3) is 11.5 Å². The Morgan fingerprint density at radius 2 is 2.22 bits per heavy atom. The van der Waals surface area contributed by atoms with E-state index < -0.39 is 0 Å². The van der Waals surface area contributed by atoms with E-state index in [2.05, 4.69) is 15.6 Å². The molecule has 0 spiro atoms. The second kappa shape index (κ2) is 7.19. The molecule has 27 heavy (non-hydrogen) atoms. The predicted molar refractivity (Wildman–Crippen MR) is 100.0 cm³/mol. The van der Waals surface area contributed by atoms with Crippen LogP contribution in [0.1, 0.15) is 40.8 Å². The van der Waals surface area contributed by atoms with Gasteiger partial charge in [0.05, 0.1) is 13.2 Å². The third-order valence-corrected chi connectivity index (χ3v) is 5.40. The van der Waals surface area contributed by atoms with E-state index in [1.165, 1.54) is 13.2 Å². The standard InChI is InChI=1S/C19H25N5O3/c1-23-9-8-21-18(23)17(12-3-4-12)22-19(26)16-13-5-6-20-7-10-24(13)15(25)11-14(16)27-2/h8-9,11-12,17,20H,3-7,10H2,1-2H3,(H,22,26). The van der Waals surface area contributed by atoms with Gasteiger partial charge >= 0.3 is 0 Å². The van der Waals surface area contributed by atoms with Crippen LogP contribution in [0.5, 0.6) is 5.75 Å². The first-order valence-electron chi connectivity index (χ1n) is 9.39. The fourth-order valence-electron chi connectivity index (χ4n) is 3.82. The molecule has 2 aromatic heterocycles. The van der Waals surface area contributed by atoms with E-state index in [4.69, 9.17) is 4.74 Å². The maximum absolute atomic E-state index is 13.3. The third kappa shape index (κ3) is 3.37. The second-order valence-corrected chi connectivity index (χ2v) is 7.21. The summed E-state index contributed by atoms with van der Waals surface area (Å²) in [5.41, 5.74) is 1.06. The molecule has 1 unspecified atom stereocenters. The molecule has 1 fully saturated rings. The minimum absolute atomic E-state index is 0.134. The van der Waals surface area contributed by atoms with Crippen molar-refractivity contribution in [2.75, 3.05) is 20.2 Å². The molecule has 8 heteroatoms. The summed E-state index contributed by atoms with van der Waals surface area (Å²) in [7, 11) is 3.43. The van der Waals surface area contributed by atoms with Crippen molar-refractivity contribution in [1.29, 1.82) is 0 Å². The van der Waals surface area contributed by atoms with Crippen LogP contribution >= 0.6 is 0 Å². The molecule has 1 aliphatic carbocycles. The Kier molecular flexibility index (Phi) is 4.73. The molecule has 0 aromatic carbocycles. The second-order valence-electron chi connectivity index (χ2n) is 7.21. The lowest BCUT2D eigenvalue weighted by Gasteiger charge is -2.21. The monoisotopic (exact) mass is 371 g/mol. The number of aromatic nitrogens is 3. The summed E-state index contributed by atoms with van der Waals surface area (Å²) in [6.07, 6.45) is 6.39. The summed E-state index contributed by atoms with van der Waals surface area (Å²) in [4.78, 5) is 30.2. The lowest BCUT2D eigenvalue weighted by Crippen LogP contribution is -2.35. The van der Waals surface area contributed by atoms with Gasteiger partial charge in [-0.2, -0.15) is 0 Å². The van der Waals surface area contributed by atoms with Crippen LogP contribution in [0.15, 0.2) is 23.3 Å². The number of aryl methyl sites for hydroxylation is 1. The number of methoxy groups -OCH3 is 1. The molecule has 8 nitrogen and oxygen atoms in total. The van der Waals surface area contributed by atoms with Crippen LogP contribution in [0.3, 0.4) is 0 Å². The predicted octanol–water partition coefficient (Wildman–Crippen LogP) is 0.617. The van der Waals surface area contributed by atoms with E-state index >= 15 is 0 Å². The Morgan fingerprint density at radius 3 is 2.89 bits per heavy atom. The molecule has 0 radical (unpaired) electrons. The zero-order valence-corrected chi connectivity index (χ0v) is 15.7. The molecule has 3 heterocycles. The number of hydrogen-bond donors (Lipinski definition) is 2. The van der Waals surface area contributed by atoms with Crippen molar-refractivity contribution >= 4 is 5.91 Å². The SMILES string of the molecule is COc1cc(=O)n2c(c1C(=O)NC(c1nccn1C)C1CC1)CCNCC2. The minimum Gasteiger partial charge on any atom is -0.496 e. The summed E-state index contributed by atoms with van der Waals surface area (Å²) in [5.74, 6) is 1.37. The molecule has 144 valence electrons. The molecule has 2 N–H and O–H groups in total. The summed E-state index contributed by atoms with van der Waals surface area (Å²) in [6.45, 7) is 1.97. The molecule has 4 rings (SSSR count). The fourth-order valence-corrected chi connectivity index (χ4v) is 3.82. The van der Waals surface area contributed by atoms with Gasteiger partial charge in [-0.05, 0) is 18.8 Å². The molecule has 0 saturated heterocycles. The lowest BCUT2D eigenvalue weighted by molar-refractivity contribution is 0.0923. The fraction of sp³-hybridized carbons (Fsp3) is 0.526. The highest BCUT2D eigenvalue weighted by Crippen LogP contribution is 2.40. The number of nitrogens with zero attached hydrogens (tertiary/aromatic N) is 3. The number of fused-ring (bicyclic) bond motifs is 1. The van der Waals surface area contributed by atoms with Crippen LogP contribution in [0.25, 0.3) is 0 Å². The molecular formula is C19H25N5O3. The summed E-state index contributed by atoms with van der Waals surface area (Å²) in [6, 6.07) is 1.27. The summed E-state index contributed by atoms with van der Waals surface area (Å²) >= 11 is 0. The number of pyridine rings is 1. The van der Waals surface area contributed by atoms with Gasteiger partial charge in [-0.15, -0.1) is 0 Å². The van der Waals surface area contributed by atoms with Crippen molar-refractivity contribution in [2.24, 2.45) is 13.0 Å². The number of rotatable bonds is 5. The number of hydrogen-bond acceptors (Lipinski definition) is 5. The van der Waals surface area contributed by atoms with Gasteiger partial charge in [0.2, 0.25) is 0 Å². The van der Waals surface area contributed by atoms with Crippen LogP contribution < -0.4 is 20.9 Å². The Hall–Kier alpha value is -2.61. The van der Waals surface area contributed by atoms with Gasteiger partial charge in [-0.1, -0.05) is 0 Å². The Labute approximate surface area is 157 Å². The number of nitrogens with one attached hydrogen (secondary N) is 2. The van der Waals surface area contributed by atoms with Gasteiger partial charge < -0.3 is 24.5 Å². The molecule has 2 aliphatic rings. The number of ether oxygens (including phenoxy) is 1. The van der Waals surface area contributed by atoms with E-state index in [0.29, 0.717) is 36.7 Å². The maximum atomic E-state index is 13.3. The smallest absolute Gasteiger partial charge is 0.257 e. The van der Waals surface area contributed by atoms with Gasteiger partial charge in [0, 0.05) is 57.3 Å². The van der Waals surface area contributed by atoms with Gasteiger partial charge in [-0.25, -0.2) is 4.98 Å². The average molecular weight is 371 g/mol. The van der Waals surface area contributed by atoms with E-state index in [1.54, 1.807) is 10.8 Å². The van der Waals surface area contributed by atoms with Gasteiger partial charge in [0.15, 0.2) is 0 Å². The van der Waals surface area contributed by atoms with Gasteiger partial charge in [-0.3, -0.25) is 9.59 Å². The zero-order valence-electron chi connectivity index (χ0n) is 15.7. The molecule has 2 aromatic rings. The molecule has 1 amide bonds. The first-order chi connectivity index (χ1) is 13.1. The minimum atomic E-state index is -0.211. The number of amides is 1. The first-order valence-corrected chi connectivity index (χ1v) is 9.39. The quantitative estimate of drug-likeness (QED) is 0.804. The van der Waals surface area contributed by atoms with E-state index in [9.17, 15) is 9.59 Å². The highest BCUT2D eigenvalue weighted by Gasteiger charge is 2.37. The molecule has 1 atom stereocenters. The number of carbonyl (C=O) groups excluding carboxylic acids is 1. The summed E-state index contributed by atoms with van der Waals surface area (Å²) in [5, 5.41) is 6.44. The highest BCUT2D eigenvalue weighted by atomic mass is 16.5. The van der Waals surface area contributed by atoms with Crippen LogP contribution in [0.4, 0.5) is 0 Å². The molecule has 1 saturated carbocycles. The Bertz CT molecular complexity index is 913. The van der Waals surface area contributed by atoms with Gasteiger partial charge in [0.1, 0.15) is 17.1 Å². The molecule has 0 bridgehead atoms. The van der Waals surface area contributed by atoms with E-state index in [0.717, 1.165) is 30.9 Å². The van der Waals surface area contributed by atoms with Crippen molar-refractivity contribution in [3.8, 4) is 5.75 Å². The highest BCUT2D eigenvalue weighted by molar-refractivity contribution is 5.98. The maximum Gasteiger partial charge on any atom is 0.257 e. The normalized spacial score (nSPS) is 17.7. The van der Waals surface area contributed by atoms with Crippen LogP contribution in [0, 0.1) is 5.92 Å². The molecule has 1 aliphatic heterocycles. The van der Waals surface area contributed by atoms with Crippen molar-refractivity contribution < 1.29 is 9.53 Å². The van der Waals surface area contributed by atoms with Crippen LogP contribution in [-0.4, -0.2) is 40.2 Å². The van der Waals surface area contributed by atoms with Crippen LogP contribution in [0.2, 0.25) is 0 Å². The van der Waals surface area contributed by atoms with Crippen molar-refractivity contribution in [3.05, 3.63) is 45.9 Å². The zero-order chi connectivity index (χ0) is 19.0. The Balaban J connectivity index is 1.72. The van der Waals surface area contributed by atoms with Crippen molar-refractivity contribution in [3.63, 3.8) is 0 Å². The van der Waals surface area contributed by atoms with E-state index in [-0.39, 0.29) is 17.5 Å². The Morgan fingerprint density at radius 1 is 1.41 bits per heavy atom. The van der Waals surface area contributed by atoms with E-state index in [1.807, 2.05) is 17.8 Å². The van der Waals surface area contributed by atoms with Crippen molar-refractivity contribution in [2.45, 2.75) is 31.8 Å². The molecular weight excluding hydrogens is 346 g/mol. The largest absolute Gasteiger partial charge is 0.496 e. The lowest BCUT2D eigenvalue weighted by atomic mass is 10.1. The van der Waals surface area contributed by atoms with Crippen LogP contribution in [-0.2, 0) is 20.0 Å². The third-order valence-electron chi connectivity index (χ3n) is 5.40. The average Bonchev–Trinajstić information content (AvgIpc) is 3.44. The number of imidazole rings is 1. The first kappa shape index (κ1) is 17.8.